The second-order valence-corrected chi connectivity index (χ2v) is 14.4. The predicted octanol–water partition coefficient (Wildman–Crippen LogP) is 8.98. The van der Waals surface area contributed by atoms with Gasteiger partial charge in [-0.15, -0.1) is 16.1 Å². The Labute approximate surface area is 315 Å². The second-order valence-electron chi connectivity index (χ2n) is 12.6. The molecule has 0 aliphatic carbocycles. The molecule has 0 amide bonds. The third kappa shape index (κ3) is 9.90. The van der Waals surface area contributed by atoms with Crippen molar-refractivity contribution < 1.29 is 53.8 Å². The minimum Gasteiger partial charge on any atom is -0.349 e. The molecule has 1 aromatic heterocycles. The van der Waals surface area contributed by atoms with Gasteiger partial charge in [0.15, 0.2) is 6.29 Å². The third-order valence-electron chi connectivity index (χ3n) is 8.66. The second kappa shape index (κ2) is 17.1. The molecular weight excluding hydrogens is 772 g/mol. The minimum atomic E-state index is -5.11. The fraction of sp³-hybridized carbons (Fsp3) is 0.263. The van der Waals surface area contributed by atoms with Gasteiger partial charge in [-0.1, -0.05) is 78.9 Å². The van der Waals surface area contributed by atoms with Crippen LogP contribution in [0.15, 0.2) is 121 Å². The number of halogens is 7. The summed E-state index contributed by atoms with van der Waals surface area (Å²) < 4.78 is 135. The molecule has 1 N–H and O–H groups in total. The number of rotatable bonds is 14. The SMILES string of the molecule is C=CC(OC1OCCN(Cc2nn(P(=O)(OCc3ccccc3)OCc3ccccc3)c(=O)[nH]2)C1c1ccc(F)cc1)c1cc(C(F)(F)F)cc(C(F)(F)F)c1. The van der Waals surface area contributed by atoms with E-state index < -0.39 is 66.7 Å². The van der Waals surface area contributed by atoms with E-state index in [4.69, 9.17) is 18.5 Å². The maximum Gasteiger partial charge on any atom is 0.460 e. The highest BCUT2D eigenvalue weighted by Crippen LogP contribution is 2.49. The smallest absolute Gasteiger partial charge is 0.349 e. The summed E-state index contributed by atoms with van der Waals surface area (Å²) in [4.78, 5) is 17.6. The summed E-state index contributed by atoms with van der Waals surface area (Å²) in [6.07, 6.45) is -12.1. The van der Waals surface area contributed by atoms with E-state index in [9.17, 15) is 40.1 Å². The van der Waals surface area contributed by atoms with Crippen LogP contribution in [0.25, 0.3) is 0 Å². The normalized spacial score (nSPS) is 17.5. The van der Waals surface area contributed by atoms with Crippen LogP contribution in [0.5, 0.6) is 0 Å². The maximum atomic E-state index is 14.3. The van der Waals surface area contributed by atoms with E-state index in [1.54, 1.807) is 65.6 Å². The van der Waals surface area contributed by atoms with Gasteiger partial charge in [0.25, 0.3) is 0 Å². The molecule has 10 nitrogen and oxygen atoms in total. The number of nitrogens with zero attached hydrogens (tertiary/aromatic N) is 3. The van der Waals surface area contributed by atoms with Crippen molar-refractivity contribution in [2.24, 2.45) is 0 Å². The Hall–Kier alpha value is -4.90. The molecule has 1 aliphatic heterocycles. The van der Waals surface area contributed by atoms with Crippen LogP contribution in [0, 0.1) is 5.82 Å². The van der Waals surface area contributed by atoms with Gasteiger partial charge in [0.2, 0.25) is 0 Å². The highest BCUT2D eigenvalue weighted by Gasteiger charge is 2.40. The van der Waals surface area contributed by atoms with Gasteiger partial charge in [0.05, 0.1) is 43.5 Å². The topological polar surface area (TPSA) is 108 Å². The summed E-state index contributed by atoms with van der Waals surface area (Å²) in [6.45, 7) is 3.06. The van der Waals surface area contributed by atoms with Crippen molar-refractivity contribution in [3.8, 4) is 0 Å². The van der Waals surface area contributed by atoms with Crippen molar-refractivity contribution in [2.45, 2.75) is 50.5 Å². The fourth-order valence-electron chi connectivity index (χ4n) is 5.96. The van der Waals surface area contributed by atoms with Gasteiger partial charge in [0, 0.05) is 6.54 Å². The molecule has 296 valence electrons. The van der Waals surface area contributed by atoms with Crippen LogP contribution in [-0.2, 0) is 55.2 Å². The van der Waals surface area contributed by atoms with E-state index in [1.807, 2.05) is 0 Å². The molecule has 0 saturated carbocycles. The lowest BCUT2D eigenvalue weighted by molar-refractivity contribution is -0.226. The molecule has 2 heterocycles. The molecule has 0 bridgehead atoms. The average molecular weight is 807 g/mol. The largest absolute Gasteiger partial charge is 0.460 e. The van der Waals surface area contributed by atoms with Gasteiger partial charge in [0.1, 0.15) is 17.7 Å². The van der Waals surface area contributed by atoms with Crippen LogP contribution in [0.2, 0.25) is 0 Å². The first-order chi connectivity index (χ1) is 26.6. The molecule has 6 rings (SSSR count). The van der Waals surface area contributed by atoms with Crippen molar-refractivity contribution in [2.75, 3.05) is 13.2 Å². The number of nitrogens with one attached hydrogen (secondary N) is 1. The van der Waals surface area contributed by atoms with Gasteiger partial charge in [-0.25, -0.2) is 13.8 Å². The lowest BCUT2D eigenvalue weighted by atomic mass is 10.00. The summed E-state index contributed by atoms with van der Waals surface area (Å²) in [5.41, 5.74) is -2.86. The van der Waals surface area contributed by atoms with Gasteiger partial charge >= 0.3 is 25.8 Å². The number of alkyl halides is 6. The quantitative estimate of drug-likeness (QED) is 0.0674. The first-order valence-electron chi connectivity index (χ1n) is 17.0. The molecule has 1 fully saturated rings. The Morgan fingerprint density at radius 1 is 0.875 bits per heavy atom. The monoisotopic (exact) mass is 806 g/mol. The Kier molecular flexibility index (Phi) is 12.4. The summed E-state index contributed by atoms with van der Waals surface area (Å²) in [5, 5.41) is 4.28. The molecule has 18 heteroatoms. The van der Waals surface area contributed by atoms with Crippen LogP contribution < -0.4 is 5.69 Å². The van der Waals surface area contributed by atoms with Crippen LogP contribution in [0.4, 0.5) is 30.7 Å². The molecule has 0 spiro atoms. The van der Waals surface area contributed by atoms with Crippen molar-refractivity contribution in [3.63, 3.8) is 0 Å². The van der Waals surface area contributed by atoms with Crippen molar-refractivity contribution in [1.82, 2.24) is 19.4 Å². The molecular formula is C38H34F7N4O6P. The Balaban J connectivity index is 1.31. The van der Waals surface area contributed by atoms with Gasteiger partial charge in [-0.2, -0.15) is 26.3 Å². The van der Waals surface area contributed by atoms with Crippen molar-refractivity contribution >= 4 is 7.75 Å². The van der Waals surface area contributed by atoms with Crippen LogP contribution >= 0.6 is 7.75 Å². The number of benzene rings is 4. The average Bonchev–Trinajstić information content (AvgIpc) is 3.56. The summed E-state index contributed by atoms with van der Waals surface area (Å²) in [6, 6.07) is 22.6. The van der Waals surface area contributed by atoms with E-state index in [-0.39, 0.29) is 44.8 Å². The number of morpholine rings is 1. The van der Waals surface area contributed by atoms with Gasteiger partial charge in [-0.05, 0) is 52.6 Å². The molecule has 1 aliphatic rings. The number of hydrogen-bond donors (Lipinski definition) is 1. The molecule has 3 atom stereocenters. The van der Waals surface area contributed by atoms with Crippen LogP contribution in [-0.4, -0.2) is 38.9 Å². The zero-order chi connectivity index (χ0) is 40.1. The Morgan fingerprint density at radius 2 is 1.43 bits per heavy atom. The number of H-pyrrole nitrogens is 1. The zero-order valence-corrected chi connectivity index (χ0v) is 30.1. The lowest BCUT2D eigenvalue weighted by Gasteiger charge is -2.41. The third-order valence-corrected chi connectivity index (χ3v) is 10.3. The molecule has 0 radical (unpaired) electrons. The molecule has 56 heavy (non-hydrogen) atoms. The summed E-state index contributed by atoms with van der Waals surface area (Å²) in [5.74, 6) is -0.616. The Bertz CT molecular complexity index is 2120. The molecule has 1 saturated heterocycles. The van der Waals surface area contributed by atoms with E-state index >= 15 is 0 Å². The number of aromatic amines is 1. The van der Waals surface area contributed by atoms with Crippen molar-refractivity contribution in [1.29, 1.82) is 0 Å². The predicted molar refractivity (Wildman–Crippen MR) is 188 cm³/mol. The van der Waals surface area contributed by atoms with E-state index in [0.717, 1.165) is 18.2 Å². The van der Waals surface area contributed by atoms with E-state index in [0.29, 0.717) is 33.3 Å². The number of aromatic nitrogens is 3. The molecule has 5 aromatic rings. The molecule has 4 aromatic carbocycles. The minimum absolute atomic E-state index is 0.00199. The Morgan fingerprint density at radius 3 is 1.95 bits per heavy atom. The molecule has 3 unspecified atom stereocenters. The first kappa shape index (κ1) is 40.8. The number of hydrogen-bond acceptors (Lipinski definition) is 8. The first-order valence-corrected chi connectivity index (χ1v) is 18.5. The lowest BCUT2D eigenvalue weighted by Crippen LogP contribution is -2.46. The van der Waals surface area contributed by atoms with E-state index in [2.05, 4.69) is 16.7 Å². The summed E-state index contributed by atoms with van der Waals surface area (Å²) in [7, 11) is -4.47. The maximum absolute atomic E-state index is 14.3. The fourth-order valence-corrected chi connectivity index (χ4v) is 7.37. The zero-order valence-electron chi connectivity index (χ0n) is 29.3. The van der Waals surface area contributed by atoms with Crippen LogP contribution in [0.1, 0.15) is 51.4 Å². The highest BCUT2D eigenvalue weighted by molar-refractivity contribution is 7.51. The van der Waals surface area contributed by atoms with Crippen molar-refractivity contribution in [3.05, 3.63) is 171 Å². The summed E-state index contributed by atoms with van der Waals surface area (Å²) >= 11 is 0. The highest BCUT2D eigenvalue weighted by atomic mass is 31.2. The standard InChI is InChI=1S/C38H34F7N4O6P/c1-2-32(28-19-29(37(40,41)42)21-30(20-28)38(43,44)45)55-35-34(27-13-15-31(39)16-14-27)48(17-18-52-35)22-33-46-36(50)49(47-33)56(51,53-23-25-9-5-3-6-10-25)54-24-26-11-7-4-8-12-26/h2-16,19-21,32,34-35H,1,17-18,22-24H2,(H,46,47,50). The van der Waals surface area contributed by atoms with E-state index in [1.165, 1.54) is 12.1 Å². The van der Waals surface area contributed by atoms with Crippen LogP contribution in [0.3, 0.4) is 0 Å². The van der Waals surface area contributed by atoms with Gasteiger partial charge < -0.3 is 9.47 Å². The number of ether oxygens (including phenoxy) is 2. The van der Waals surface area contributed by atoms with Gasteiger partial charge in [-0.3, -0.25) is 18.9 Å².